The Labute approximate surface area is 309 Å². The molecule has 0 aromatic heterocycles. The second-order valence-corrected chi connectivity index (χ2v) is 15.7. The first-order valence-electron chi connectivity index (χ1n) is 22.8. The molecule has 2 N–H and O–H groups in total. The van der Waals surface area contributed by atoms with Gasteiger partial charge in [0.2, 0.25) is 5.91 Å². The predicted octanol–water partition coefficient (Wildman–Crippen LogP) is 15.3. The van der Waals surface area contributed by atoms with E-state index in [1.807, 2.05) is 6.08 Å². The van der Waals surface area contributed by atoms with E-state index in [0.717, 1.165) is 32.1 Å². The number of carbonyl (C=O) groups is 1. The van der Waals surface area contributed by atoms with Crippen molar-refractivity contribution < 1.29 is 9.90 Å². The number of aliphatic hydroxyl groups is 1. The molecule has 2 atom stereocenters. The van der Waals surface area contributed by atoms with Crippen molar-refractivity contribution in [3.05, 3.63) is 12.2 Å². The van der Waals surface area contributed by atoms with E-state index in [2.05, 4.69) is 32.2 Å². The van der Waals surface area contributed by atoms with Gasteiger partial charge in [0.05, 0.1) is 12.1 Å². The topological polar surface area (TPSA) is 49.3 Å². The molecule has 3 heteroatoms. The molecule has 0 aromatic rings. The van der Waals surface area contributed by atoms with Crippen molar-refractivity contribution in [3.8, 4) is 0 Å². The van der Waals surface area contributed by atoms with Crippen LogP contribution >= 0.6 is 0 Å². The molecular formula is C46H91NO2. The van der Waals surface area contributed by atoms with E-state index in [4.69, 9.17) is 0 Å². The van der Waals surface area contributed by atoms with Gasteiger partial charge in [-0.15, -0.1) is 0 Å². The number of allylic oxidation sites excluding steroid dienone is 1. The molecule has 0 aromatic carbocycles. The van der Waals surface area contributed by atoms with Gasteiger partial charge in [0.15, 0.2) is 0 Å². The normalized spacial score (nSPS) is 13.0. The minimum Gasteiger partial charge on any atom is -0.387 e. The molecule has 0 spiro atoms. The van der Waals surface area contributed by atoms with Crippen LogP contribution in [-0.4, -0.2) is 23.2 Å². The van der Waals surface area contributed by atoms with Crippen LogP contribution in [0.5, 0.6) is 0 Å². The first-order valence-corrected chi connectivity index (χ1v) is 22.8. The Morgan fingerprint density at radius 1 is 0.449 bits per heavy atom. The van der Waals surface area contributed by atoms with E-state index in [1.165, 1.54) is 205 Å². The summed E-state index contributed by atoms with van der Waals surface area (Å²) >= 11 is 0. The second-order valence-electron chi connectivity index (χ2n) is 15.7. The first kappa shape index (κ1) is 48.2. The summed E-state index contributed by atoms with van der Waals surface area (Å²) in [6, 6.07) is -0.157. The maximum atomic E-state index is 12.6. The average Bonchev–Trinajstić information content (AvgIpc) is 3.10. The summed E-state index contributed by atoms with van der Waals surface area (Å²) in [5.41, 5.74) is 0. The zero-order chi connectivity index (χ0) is 35.7. The number of unbranched alkanes of at least 4 members (excludes halogenated alkanes) is 33. The molecule has 0 aliphatic heterocycles. The molecule has 0 aliphatic rings. The lowest BCUT2D eigenvalue weighted by Gasteiger charge is -2.21. The fourth-order valence-corrected chi connectivity index (χ4v) is 7.29. The Morgan fingerprint density at radius 3 is 1.08 bits per heavy atom. The van der Waals surface area contributed by atoms with E-state index >= 15 is 0 Å². The van der Waals surface area contributed by atoms with Crippen molar-refractivity contribution in [2.45, 2.75) is 277 Å². The van der Waals surface area contributed by atoms with Gasteiger partial charge in [0.25, 0.3) is 0 Å². The quantitative estimate of drug-likeness (QED) is 0.0496. The van der Waals surface area contributed by atoms with Crippen LogP contribution in [0.3, 0.4) is 0 Å². The van der Waals surface area contributed by atoms with Crippen molar-refractivity contribution in [1.82, 2.24) is 5.32 Å². The zero-order valence-electron chi connectivity index (χ0n) is 34.0. The van der Waals surface area contributed by atoms with Crippen LogP contribution in [0.15, 0.2) is 12.2 Å². The van der Waals surface area contributed by atoms with Crippen LogP contribution < -0.4 is 5.32 Å². The summed E-state index contributed by atoms with van der Waals surface area (Å²) in [6.07, 6.45) is 53.7. The van der Waals surface area contributed by atoms with Gasteiger partial charge in [0.1, 0.15) is 0 Å². The van der Waals surface area contributed by atoms with Crippen LogP contribution in [0.4, 0.5) is 0 Å². The standard InChI is InChI=1S/C46H91NO2/c1-4-7-9-11-13-15-17-19-20-21-22-23-24-25-26-27-28-30-32-34-36-38-40-43-46(49)47-44(41-6-3)45(48)42-39-37-35-33-31-29-18-16-14-12-10-8-5-2/h39,42,44-45,48H,4-38,40-41,43H2,1-3H3,(H,47,49)/b42-39+/t44-,45+/m0/s1. The largest absolute Gasteiger partial charge is 0.387 e. The lowest BCUT2D eigenvalue weighted by Crippen LogP contribution is -2.42. The van der Waals surface area contributed by atoms with Gasteiger partial charge >= 0.3 is 0 Å². The van der Waals surface area contributed by atoms with Crippen LogP contribution in [0.2, 0.25) is 0 Å². The highest BCUT2D eigenvalue weighted by atomic mass is 16.3. The number of hydrogen-bond donors (Lipinski definition) is 2. The summed E-state index contributed by atoms with van der Waals surface area (Å²) in [5.74, 6) is 0.111. The van der Waals surface area contributed by atoms with Crippen LogP contribution in [-0.2, 0) is 4.79 Å². The minimum absolute atomic E-state index is 0.111. The third-order valence-electron chi connectivity index (χ3n) is 10.7. The monoisotopic (exact) mass is 690 g/mol. The van der Waals surface area contributed by atoms with E-state index < -0.39 is 6.10 Å². The lowest BCUT2D eigenvalue weighted by molar-refractivity contribution is -0.122. The number of nitrogens with one attached hydrogen (secondary N) is 1. The molecule has 0 unspecified atom stereocenters. The molecule has 49 heavy (non-hydrogen) atoms. The van der Waals surface area contributed by atoms with Gasteiger partial charge in [0, 0.05) is 6.42 Å². The third kappa shape index (κ3) is 38.2. The molecule has 0 saturated heterocycles. The Hall–Kier alpha value is -0.830. The maximum Gasteiger partial charge on any atom is 0.220 e. The average molecular weight is 690 g/mol. The number of rotatable bonds is 41. The Kier molecular flexibility index (Phi) is 40.9. The molecule has 0 heterocycles. The Bertz CT molecular complexity index is 661. The predicted molar refractivity (Wildman–Crippen MR) is 220 cm³/mol. The molecule has 0 fully saturated rings. The summed E-state index contributed by atoms with van der Waals surface area (Å²) in [7, 11) is 0. The van der Waals surface area contributed by atoms with Crippen molar-refractivity contribution in [2.75, 3.05) is 0 Å². The van der Waals surface area contributed by atoms with Crippen LogP contribution in [0.25, 0.3) is 0 Å². The molecule has 292 valence electrons. The Morgan fingerprint density at radius 2 is 0.755 bits per heavy atom. The Balaban J connectivity index is 3.57. The van der Waals surface area contributed by atoms with Crippen LogP contribution in [0.1, 0.15) is 265 Å². The number of hydrogen-bond acceptors (Lipinski definition) is 2. The highest BCUT2D eigenvalue weighted by Crippen LogP contribution is 2.16. The summed E-state index contributed by atoms with van der Waals surface area (Å²) in [5, 5.41) is 13.9. The van der Waals surface area contributed by atoms with Gasteiger partial charge in [-0.25, -0.2) is 0 Å². The molecule has 0 rings (SSSR count). The van der Waals surface area contributed by atoms with Gasteiger partial charge in [-0.1, -0.05) is 245 Å². The molecule has 0 aliphatic carbocycles. The lowest BCUT2D eigenvalue weighted by atomic mass is 10.0. The molecule has 0 radical (unpaired) electrons. The van der Waals surface area contributed by atoms with Gasteiger partial charge in [-0.2, -0.15) is 0 Å². The fraction of sp³-hybridized carbons (Fsp3) is 0.935. The maximum absolute atomic E-state index is 12.6. The van der Waals surface area contributed by atoms with Gasteiger partial charge in [-0.3, -0.25) is 4.79 Å². The smallest absolute Gasteiger partial charge is 0.220 e. The summed E-state index contributed by atoms with van der Waals surface area (Å²) in [4.78, 5) is 12.6. The fourth-order valence-electron chi connectivity index (χ4n) is 7.29. The molecule has 0 bridgehead atoms. The number of aliphatic hydroxyl groups excluding tert-OH is 1. The summed E-state index contributed by atoms with van der Waals surface area (Å²) < 4.78 is 0. The highest BCUT2D eigenvalue weighted by molar-refractivity contribution is 5.76. The molecule has 3 nitrogen and oxygen atoms in total. The van der Waals surface area contributed by atoms with E-state index in [1.54, 1.807) is 0 Å². The van der Waals surface area contributed by atoms with Gasteiger partial charge < -0.3 is 10.4 Å². The minimum atomic E-state index is -0.578. The number of amides is 1. The molecule has 0 saturated carbocycles. The zero-order valence-corrected chi connectivity index (χ0v) is 34.0. The van der Waals surface area contributed by atoms with Gasteiger partial charge in [-0.05, 0) is 25.7 Å². The first-order chi connectivity index (χ1) is 24.2. The molecular weight excluding hydrogens is 599 g/mol. The van der Waals surface area contributed by atoms with Crippen molar-refractivity contribution in [2.24, 2.45) is 0 Å². The van der Waals surface area contributed by atoms with Crippen LogP contribution in [0, 0.1) is 0 Å². The van der Waals surface area contributed by atoms with E-state index in [9.17, 15) is 9.90 Å². The molecule has 1 amide bonds. The number of carbonyl (C=O) groups excluding carboxylic acids is 1. The van der Waals surface area contributed by atoms with E-state index in [-0.39, 0.29) is 11.9 Å². The highest BCUT2D eigenvalue weighted by Gasteiger charge is 2.18. The SMILES string of the molecule is CCCCCCCCCCCCC/C=C/[C@@H](O)[C@H](CCC)NC(=O)CCCCCCCCCCCCCCCCCCCCCCCCC. The van der Waals surface area contributed by atoms with Crippen molar-refractivity contribution in [1.29, 1.82) is 0 Å². The van der Waals surface area contributed by atoms with Crippen molar-refractivity contribution in [3.63, 3.8) is 0 Å². The third-order valence-corrected chi connectivity index (χ3v) is 10.7. The summed E-state index contributed by atoms with van der Waals surface area (Å²) in [6.45, 7) is 6.71. The second kappa shape index (κ2) is 41.6. The van der Waals surface area contributed by atoms with E-state index in [0.29, 0.717) is 6.42 Å². The van der Waals surface area contributed by atoms with Crippen molar-refractivity contribution >= 4 is 5.91 Å².